The summed E-state index contributed by atoms with van der Waals surface area (Å²) in [6.07, 6.45) is 12.7. The third-order valence-corrected chi connectivity index (χ3v) is 6.26. The normalized spacial score (nSPS) is 18.8. The van der Waals surface area contributed by atoms with Crippen LogP contribution in [0.3, 0.4) is 0 Å². The van der Waals surface area contributed by atoms with Crippen LogP contribution in [0, 0.1) is 0 Å². The SMILES string of the molecule is Cn1cc(-c2ccn3c(N4CCC(OCCOC5CCOCC5)CC4)cnc3c2)cn1. The molecule has 8 heteroatoms. The first-order valence-electron chi connectivity index (χ1n) is 11.3. The fraction of sp³-hybridized carbons (Fsp3) is 0.565. The van der Waals surface area contributed by atoms with Crippen molar-refractivity contribution in [2.75, 3.05) is 44.4 Å². The van der Waals surface area contributed by atoms with Crippen molar-refractivity contribution < 1.29 is 14.2 Å². The predicted molar refractivity (Wildman–Crippen MR) is 118 cm³/mol. The van der Waals surface area contributed by atoms with Crippen molar-refractivity contribution in [3.05, 3.63) is 36.9 Å². The Labute approximate surface area is 182 Å². The molecule has 2 fully saturated rings. The van der Waals surface area contributed by atoms with E-state index in [1.165, 1.54) is 0 Å². The molecule has 0 radical (unpaired) electrons. The molecule has 0 spiro atoms. The number of piperidine rings is 1. The van der Waals surface area contributed by atoms with Crippen LogP contribution in [0.1, 0.15) is 25.7 Å². The van der Waals surface area contributed by atoms with Crippen LogP contribution in [-0.4, -0.2) is 70.9 Å². The zero-order valence-electron chi connectivity index (χ0n) is 18.2. The van der Waals surface area contributed by atoms with Gasteiger partial charge in [0.15, 0.2) is 0 Å². The summed E-state index contributed by atoms with van der Waals surface area (Å²) in [5, 5.41) is 4.27. The van der Waals surface area contributed by atoms with Gasteiger partial charge in [0.2, 0.25) is 0 Å². The summed E-state index contributed by atoms with van der Waals surface area (Å²) in [5.74, 6) is 1.15. The second-order valence-electron chi connectivity index (χ2n) is 8.40. The van der Waals surface area contributed by atoms with Gasteiger partial charge in [-0.3, -0.25) is 9.08 Å². The van der Waals surface area contributed by atoms with Crippen molar-refractivity contribution in [2.45, 2.75) is 37.9 Å². The van der Waals surface area contributed by atoms with Crippen LogP contribution in [0.5, 0.6) is 0 Å². The molecule has 0 bridgehead atoms. The average molecular weight is 426 g/mol. The summed E-state index contributed by atoms with van der Waals surface area (Å²) in [5.41, 5.74) is 3.20. The Kier molecular flexibility index (Phi) is 6.20. The van der Waals surface area contributed by atoms with Crippen LogP contribution >= 0.6 is 0 Å². The first kappa shape index (κ1) is 20.5. The Morgan fingerprint density at radius 2 is 1.74 bits per heavy atom. The largest absolute Gasteiger partial charge is 0.381 e. The van der Waals surface area contributed by atoms with Gasteiger partial charge in [-0.05, 0) is 43.4 Å². The van der Waals surface area contributed by atoms with Crippen molar-refractivity contribution in [3.63, 3.8) is 0 Å². The number of aromatic nitrogens is 4. The zero-order valence-corrected chi connectivity index (χ0v) is 18.2. The molecule has 3 aromatic heterocycles. The number of rotatable bonds is 7. The quantitative estimate of drug-likeness (QED) is 0.543. The molecule has 0 N–H and O–H groups in total. The van der Waals surface area contributed by atoms with E-state index in [0.29, 0.717) is 25.4 Å². The Balaban J connectivity index is 1.12. The second kappa shape index (κ2) is 9.38. The summed E-state index contributed by atoms with van der Waals surface area (Å²) in [6, 6.07) is 4.25. The Bertz CT molecular complexity index is 986. The van der Waals surface area contributed by atoms with E-state index in [9.17, 15) is 0 Å². The van der Waals surface area contributed by atoms with Gasteiger partial charge in [-0.15, -0.1) is 0 Å². The molecule has 0 unspecified atom stereocenters. The van der Waals surface area contributed by atoms with E-state index < -0.39 is 0 Å². The first-order valence-corrected chi connectivity index (χ1v) is 11.3. The number of hydrogen-bond donors (Lipinski definition) is 0. The number of nitrogens with zero attached hydrogens (tertiary/aromatic N) is 5. The topological polar surface area (TPSA) is 66.1 Å². The van der Waals surface area contributed by atoms with Gasteiger partial charge in [0.25, 0.3) is 0 Å². The maximum Gasteiger partial charge on any atom is 0.138 e. The molecule has 0 saturated carbocycles. The fourth-order valence-electron chi connectivity index (χ4n) is 4.47. The minimum Gasteiger partial charge on any atom is -0.381 e. The second-order valence-corrected chi connectivity index (χ2v) is 8.40. The molecule has 0 amide bonds. The minimum atomic E-state index is 0.311. The van der Waals surface area contributed by atoms with E-state index in [2.05, 4.69) is 37.7 Å². The summed E-state index contributed by atoms with van der Waals surface area (Å²) in [7, 11) is 1.93. The smallest absolute Gasteiger partial charge is 0.138 e. The highest BCUT2D eigenvalue weighted by molar-refractivity contribution is 5.67. The average Bonchev–Trinajstić information content (AvgIpc) is 3.44. The Morgan fingerprint density at radius 3 is 2.45 bits per heavy atom. The van der Waals surface area contributed by atoms with Crippen molar-refractivity contribution in [3.8, 4) is 11.1 Å². The van der Waals surface area contributed by atoms with E-state index in [0.717, 1.165) is 74.6 Å². The molecular formula is C23H31N5O3. The molecule has 0 atom stereocenters. The number of hydrogen-bond acceptors (Lipinski definition) is 6. The Morgan fingerprint density at radius 1 is 1.00 bits per heavy atom. The molecule has 2 aliphatic rings. The van der Waals surface area contributed by atoms with Crippen LogP contribution in [0.2, 0.25) is 0 Å². The molecule has 2 aliphatic heterocycles. The van der Waals surface area contributed by atoms with Crippen molar-refractivity contribution in [2.24, 2.45) is 7.05 Å². The van der Waals surface area contributed by atoms with Crippen LogP contribution in [-0.2, 0) is 21.3 Å². The molecule has 166 valence electrons. The number of aryl methyl sites for hydroxylation is 1. The summed E-state index contributed by atoms with van der Waals surface area (Å²) in [6.45, 7) is 4.94. The highest BCUT2D eigenvalue weighted by atomic mass is 16.5. The van der Waals surface area contributed by atoms with Gasteiger partial charge in [-0.1, -0.05) is 0 Å². The lowest BCUT2D eigenvalue weighted by Crippen LogP contribution is -2.38. The van der Waals surface area contributed by atoms with Gasteiger partial charge in [-0.2, -0.15) is 5.10 Å². The third-order valence-electron chi connectivity index (χ3n) is 6.26. The minimum absolute atomic E-state index is 0.311. The molecule has 0 aliphatic carbocycles. The lowest BCUT2D eigenvalue weighted by Gasteiger charge is -2.33. The fourth-order valence-corrected chi connectivity index (χ4v) is 4.47. The highest BCUT2D eigenvalue weighted by Gasteiger charge is 2.22. The maximum absolute atomic E-state index is 6.08. The van der Waals surface area contributed by atoms with Crippen LogP contribution in [0.4, 0.5) is 5.82 Å². The van der Waals surface area contributed by atoms with Gasteiger partial charge < -0.3 is 19.1 Å². The van der Waals surface area contributed by atoms with Gasteiger partial charge in [0.1, 0.15) is 11.5 Å². The van der Waals surface area contributed by atoms with Gasteiger partial charge in [0.05, 0.1) is 37.8 Å². The molecule has 0 aromatic carbocycles. The highest BCUT2D eigenvalue weighted by Crippen LogP contribution is 2.26. The Hall–Kier alpha value is -2.42. The lowest BCUT2D eigenvalue weighted by atomic mass is 10.1. The molecule has 8 nitrogen and oxygen atoms in total. The van der Waals surface area contributed by atoms with Crippen LogP contribution < -0.4 is 4.90 Å². The number of ether oxygens (including phenoxy) is 3. The summed E-state index contributed by atoms with van der Waals surface area (Å²) >= 11 is 0. The molecular weight excluding hydrogens is 394 g/mol. The van der Waals surface area contributed by atoms with Crippen molar-refractivity contribution >= 4 is 11.5 Å². The number of fused-ring (bicyclic) bond motifs is 1. The molecule has 5 rings (SSSR count). The summed E-state index contributed by atoms with van der Waals surface area (Å²) < 4.78 is 21.4. The molecule has 3 aromatic rings. The van der Waals surface area contributed by atoms with E-state index in [1.807, 2.05) is 30.3 Å². The third kappa shape index (κ3) is 4.76. The zero-order chi connectivity index (χ0) is 21.0. The van der Waals surface area contributed by atoms with Crippen LogP contribution in [0.15, 0.2) is 36.9 Å². The summed E-state index contributed by atoms with van der Waals surface area (Å²) in [4.78, 5) is 7.05. The van der Waals surface area contributed by atoms with Crippen molar-refractivity contribution in [1.29, 1.82) is 0 Å². The van der Waals surface area contributed by atoms with Gasteiger partial charge in [-0.25, -0.2) is 4.98 Å². The molecule has 31 heavy (non-hydrogen) atoms. The van der Waals surface area contributed by atoms with E-state index >= 15 is 0 Å². The van der Waals surface area contributed by atoms with E-state index in [1.54, 1.807) is 0 Å². The number of anilines is 1. The predicted octanol–water partition coefficient (Wildman–Crippen LogP) is 2.92. The monoisotopic (exact) mass is 425 g/mol. The van der Waals surface area contributed by atoms with Gasteiger partial charge >= 0.3 is 0 Å². The first-order chi connectivity index (χ1) is 15.3. The molecule has 2 saturated heterocycles. The number of imidazole rings is 1. The maximum atomic E-state index is 6.08. The van der Waals surface area contributed by atoms with Gasteiger partial charge in [0, 0.05) is 51.3 Å². The number of pyridine rings is 1. The standard InChI is InChI=1S/C23H31N5O3/c1-26-17-19(15-25-26)18-2-9-28-22(14-18)24-16-23(28)27-7-3-20(4-8-27)30-12-13-31-21-5-10-29-11-6-21/h2,9,14-17,20-21H,3-8,10-13H2,1H3. The van der Waals surface area contributed by atoms with E-state index in [4.69, 9.17) is 14.2 Å². The van der Waals surface area contributed by atoms with Crippen LogP contribution in [0.25, 0.3) is 16.8 Å². The van der Waals surface area contributed by atoms with E-state index in [-0.39, 0.29) is 0 Å². The molecule has 5 heterocycles. The van der Waals surface area contributed by atoms with Crippen molar-refractivity contribution in [1.82, 2.24) is 19.2 Å². The lowest BCUT2D eigenvalue weighted by molar-refractivity contribution is -0.0625.